The van der Waals surface area contributed by atoms with Crippen LogP contribution in [0.1, 0.15) is 64.3 Å². The first kappa shape index (κ1) is 38.6. The first-order chi connectivity index (χ1) is 26.2. The Hall–Kier alpha value is -5.11. The molecule has 0 unspecified atom stereocenters. The molecule has 0 fully saturated rings. The summed E-state index contributed by atoms with van der Waals surface area (Å²) < 4.78 is 50.7. The van der Waals surface area contributed by atoms with Gasteiger partial charge in [0, 0.05) is 39.3 Å². The van der Waals surface area contributed by atoms with Crippen LogP contribution in [-0.4, -0.2) is 76.2 Å². The third-order valence-electron chi connectivity index (χ3n) is 9.77. The SMILES string of the molecule is CCc1c(C)[nH]c(/C(c2ccc(OCc3cn(CCOCCOCCO)nn3)cc2)=c2/c(C)c(CC)/c(=C\C=C3/C=Nc4ccccc43)n2B(F)F)c1C. The minimum Gasteiger partial charge on any atom is -0.487 e. The van der Waals surface area contributed by atoms with Gasteiger partial charge in [0.1, 0.15) is 18.1 Å². The fourth-order valence-electron chi connectivity index (χ4n) is 7.16. The largest absolute Gasteiger partial charge is 0.678 e. The van der Waals surface area contributed by atoms with Crippen LogP contribution in [0.3, 0.4) is 0 Å². The number of hydrogen-bond acceptors (Lipinski definition) is 7. The van der Waals surface area contributed by atoms with Gasteiger partial charge in [0.25, 0.3) is 0 Å². The molecule has 13 heteroatoms. The van der Waals surface area contributed by atoms with Crippen LogP contribution in [0.5, 0.6) is 5.75 Å². The highest BCUT2D eigenvalue weighted by molar-refractivity contribution is 6.41. The quantitative estimate of drug-likeness (QED) is 0.0942. The number of benzene rings is 2. The van der Waals surface area contributed by atoms with Crippen molar-refractivity contribution in [1.29, 1.82) is 0 Å². The Balaban J connectivity index is 1.35. The van der Waals surface area contributed by atoms with Gasteiger partial charge in [0.15, 0.2) is 0 Å². The second-order valence-electron chi connectivity index (χ2n) is 13.1. The van der Waals surface area contributed by atoms with E-state index in [4.69, 9.17) is 19.3 Å². The third-order valence-corrected chi connectivity index (χ3v) is 9.77. The number of halogens is 2. The molecule has 10 nitrogen and oxygen atoms in total. The Morgan fingerprint density at radius 3 is 2.35 bits per heavy atom. The Morgan fingerprint density at radius 2 is 1.65 bits per heavy atom. The maximum absolute atomic E-state index is 15.5. The third kappa shape index (κ3) is 8.33. The molecule has 0 saturated carbocycles. The molecule has 0 bridgehead atoms. The van der Waals surface area contributed by atoms with Crippen LogP contribution in [0.4, 0.5) is 14.3 Å². The van der Waals surface area contributed by atoms with Crippen molar-refractivity contribution >= 4 is 36.5 Å². The van der Waals surface area contributed by atoms with E-state index >= 15 is 8.63 Å². The van der Waals surface area contributed by atoms with Crippen LogP contribution >= 0.6 is 0 Å². The Morgan fingerprint density at radius 1 is 0.907 bits per heavy atom. The van der Waals surface area contributed by atoms with Gasteiger partial charge >= 0.3 is 7.40 Å². The number of fused-ring (bicyclic) bond motifs is 1. The summed E-state index contributed by atoms with van der Waals surface area (Å²) in [7, 11) is -2.79. The minimum absolute atomic E-state index is 0.0121. The van der Waals surface area contributed by atoms with E-state index in [0.29, 0.717) is 67.1 Å². The van der Waals surface area contributed by atoms with Crippen molar-refractivity contribution < 1.29 is 27.9 Å². The van der Waals surface area contributed by atoms with Gasteiger partial charge < -0.3 is 28.8 Å². The first-order valence-electron chi connectivity index (χ1n) is 18.4. The average Bonchev–Trinajstić information content (AvgIpc) is 3.94. The summed E-state index contributed by atoms with van der Waals surface area (Å²) in [6, 6.07) is 15.4. The topological polar surface area (TPSA) is 112 Å². The maximum Gasteiger partial charge on any atom is 0.678 e. The number of aliphatic hydroxyl groups is 1. The first-order valence-corrected chi connectivity index (χ1v) is 18.4. The normalized spacial score (nSPS) is 14.0. The molecule has 0 saturated heterocycles. The van der Waals surface area contributed by atoms with E-state index in [1.165, 1.54) is 10.0 Å². The van der Waals surface area contributed by atoms with Crippen molar-refractivity contribution in [3.8, 4) is 5.75 Å². The van der Waals surface area contributed by atoms with E-state index in [1.54, 1.807) is 10.9 Å². The lowest BCUT2D eigenvalue weighted by atomic mass is 9.95. The van der Waals surface area contributed by atoms with Crippen molar-refractivity contribution in [3.63, 3.8) is 0 Å². The molecule has 5 aromatic rings. The standard InChI is InChI=1S/C41H47BF2N6O4/c1-6-34-27(3)40(46-29(34)5)39(30-12-15-33(16-13-30)54-26-32-25-49(48-47-32)18-20-52-22-23-53-21-19-51)41-28(4)35(7-2)38(50(41)42(43)44)17-14-31-24-45-37-11-9-8-10-36(31)37/h8-17,24-25,46,51H,6-7,18-23,26H2,1-5H3/b31-14+,38-17+,41-39-. The van der Waals surface area contributed by atoms with E-state index < -0.39 is 7.40 Å². The minimum atomic E-state index is -2.79. The molecule has 6 rings (SSSR count). The Labute approximate surface area is 314 Å². The second-order valence-corrected chi connectivity index (χ2v) is 13.1. The molecule has 0 atom stereocenters. The van der Waals surface area contributed by atoms with Crippen molar-refractivity contribution in [3.05, 3.63) is 122 Å². The molecule has 54 heavy (non-hydrogen) atoms. The van der Waals surface area contributed by atoms with E-state index in [2.05, 4.69) is 34.1 Å². The van der Waals surface area contributed by atoms with Crippen LogP contribution in [0.25, 0.3) is 17.2 Å². The van der Waals surface area contributed by atoms with E-state index in [-0.39, 0.29) is 13.2 Å². The molecule has 282 valence electrons. The van der Waals surface area contributed by atoms with Gasteiger partial charge in [0.2, 0.25) is 0 Å². The number of aliphatic hydroxyl groups excluding tert-OH is 1. The number of aromatic amines is 1. The molecule has 2 aromatic carbocycles. The Bertz CT molecular complexity index is 2260. The summed E-state index contributed by atoms with van der Waals surface area (Å²) in [5.41, 5.74) is 10.6. The van der Waals surface area contributed by atoms with Crippen molar-refractivity contribution in [1.82, 2.24) is 24.5 Å². The molecule has 3 aromatic heterocycles. The fraction of sp³-hybridized carbons (Fsp3) is 0.341. The lowest BCUT2D eigenvalue weighted by molar-refractivity contribution is 0.0302. The fourth-order valence-corrected chi connectivity index (χ4v) is 7.16. The number of nitrogens with zero attached hydrogens (tertiary/aromatic N) is 5. The molecule has 0 radical (unpaired) electrons. The van der Waals surface area contributed by atoms with Crippen molar-refractivity contribution in [2.75, 3.05) is 33.0 Å². The number of allylic oxidation sites excluding steroid dienone is 2. The average molecular weight is 737 g/mol. The number of aromatic nitrogens is 5. The highest BCUT2D eigenvalue weighted by atomic mass is 19.2. The summed E-state index contributed by atoms with van der Waals surface area (Å²) in [6.07, 6.45) is 8.69. The van der Waals surface area contributed by atoms with Gasteiger partial charge in [-0.1, -0.05) is 55.5 Å². The highest BCUT2D eigenvalue weighted by Crippen LogP contribution is 2.32. The molecule has 4 heterocycles. The Kier molecular flexibility index (Phi) is 12.7. The maximum atomic E-state index is 15.5. The van der Waals surface area contributed by atoms with Gasteiger partial charge in [0.05, 0.1) is 57.2 Å². The van der Waals surface area contributed by atoms with Crippen LogP contribution in [0.2, 0.25) is 0 Å². The summed E-state index contributed by atoms with van der Waals surface area (Å²) in [6.45, 7) is 12.5. The highest BCUT2D eigenvalue weighted by Gasteiger charge is 2.27. The second kappa shape index (κ2) is 17.8. The molecule has 2 N–H and O–H groups in total. The van der Waals surface area contributed by atoms with Gasteiger partial charge in [-0.25, -0.2) is 4.68 Å². The molecule has 0 spiro atoms. The van der Waals surface area contributed by atoms with Crippen LogP contribution in [0.15, 0.2) is 65.8 Å². The summed E-state index contributed by atoms with van der Waals surface area (Å²) >= 11 is 0. The lowest BCUT2D eigenvalue weighted by Crippen LogP contribution is -2.38. The van der Waals surface area contributed by atoms with E-state index in [9.17, 15) is 0 Å². The number of hydrogen-bond donors (Lipinski definition) is 2. The summed E-state index contributed by atoms with van der Waals surface area (Å²) in [5, 5.41) is 18.1. The number of aliphatic imine (C=N–C) groups is 1. The van der Waals surface area contributed by atoms with Crippen molar-refractivity contribution in [2.24, 2.45) is 4.99 Å². The van der Waals surface area contributed by atoms with Crippen molar-refractivity contribution in [2.45, 2.75) is 60.6 Å². The molecule has 0 aliphatic carbocycles. The van der Waals surface area contributed by atoms with E-state index in [0.717, 1.165) is 56.9 Å². The monoisotopic (exact) mass is 736 g/mol. The predicted octanol–water partition coefficient (Wildman–Crippen LogP) is 5.66. The number of H-pyrrole nitrogens is 1. The molecule has 1 aliphatic rings. The number of para-hydroxylation sites is 1. The number of aryl methyl sites for hydroxylation is 1. The van der Waals surface area contributed by atoms with Crippen LogP contribution in [-0.2, 0) is 35.5 Å². The molecule has 1 aliphatic heterocycles. The molecular formula is C41H47BF2N6O4. The lowest BCUT2D eigenvalue weighted by Gasteiger charge is -2.13. The van der Waals surface area contributed by atoms with E-state index in [1.807, 2.05) is 87.7 Å². The zero-order valence-corrected chi connectivity index (χ0v) is 31.5. The van der Waals surface area contributed by atoms with Gasteiger partial charge in [-0.3, -0.25) is 13.6 Å². The summed E-state index contributed by atoms with van der Waals surface area (Å²) in [4.78, 5) is 8.08. The molecule has 0 amide bonds. The molecular weight excluding hydrogens is 689 g/mol. The van der Waals surface area contributed by atoms with Crippen LogP contribution in [0, 0.1) is 20.8 Å². The number of nitrogens with one attached hydrogen (secondary N) is 1. The van der Waals surface area contributed by atoms with Gasteiger partial charge in [-0.2, -0.15) is 0 Å². The summed E-state index contributed by atoms with van der Waals surface area (Å²) in [5.74, 6) is 0.613. The zero-order valence-electron chi connectivity index (χ0n) is 31.5. The predicted molar refractivity (Wildman–Crippen MR) is 209 cm³/mol. The number of ether oxygens (including phenoxy) is 3. The van der Waals surface area contributed by atoms with Crippen LogP contribution < -0.4 is 15.4 Å². The van der Waals surface area contributed by atoms with Gasteiger partial charge in [-0.05, 0) is 85.7 Å². The van der Waals surface area contributed by atoms with Gasteiger partial charge in [-0.15, -0.1) is 5.10 Å². The number of rotatable bonds is 17. The smallest absolute Gasteiger partial charge is 0.487 e. The zero-order chi connectivity index (χ0) is 38.2.